The van der Waals surface area contributed by atoms with Gasteiger partial charge in [-0.05, 0) is 85.8 Å². The molecular weight excluding hydrogens is 520 g/mol. The van der Waals surface area contributed by atoms with Crippen LogP contribution in [0.4, 0.5) is 17.6 Å². The molecule has 3 atom stereocenters. The third-order valence-corrected chi connectivity index (χ3v) is 8.12. The van der Waals surface area contributed by atoms with Gasteiger partial charge in [-0.1, -0.05) is 0 Å². The third-order valence-electron chi connectivity index (χ3n) is 7.13. The van der Waals surface area contributed by atoms with Crippen molar-refractivity contribution in [3.8, 4) is 5.75 Å². The Bertz CT molecular complexity index is 1240. The molecule has 0 amide bonds. The van der Waals surface area contributed by atoms with Crippen LogP contribution in [0.2, 0.25) is 0 Å². The van der Waals surface area contributed by atoms with E-state index in [0.29, 0.717) is 60.4 Å². The molecule has 0 radical (unpaired) electrons. The minimum absolute atomic E-state index is 0.132. The van der Waals surface area contributed by atoms with Gasteiger partial charge in [-0.25, -0.2) is 4.39 Å². The fourth-order valence-corrected chi connectivity index (χ4v) is 5.91. The molecule has 1 aliphatic heterocycles. The van der Waals surface area contributed by atoms with Crippen LogP contribution in [-0.2, 0) is 11.0 Å². The fraction of sp³-hybridized carbons (Fsp3) is 0.429. The summed E-state index contributed by atoms with van der Waals surface area (Å²) in [5.74, 6) is -0.361. The number of fused-ring (bicyclic) bond motifs is 1. The molecule has 2 heterocycles. The van der Waals surface area contributed by atoms with Gasteiger partial charge in [0.2, 0.25) is 0 Å². The van der Waals surface area contributed by atoms with Crippen molar-refractivity contribution in [1.82, 2.24) is 9.88 Å². The van der Waals surface area contributed by atoms with Crippen molar-refractivity contribution in [2.75, 3.05) is 32.5 Å². The van der Waals surface area contributed by atoms with Gasteiger partial charge in [0.1, 0.15) is 11.9 Å². The molecule has 204 valence electrons. The Kier molecular flexibility index (Phi) is 9.15. The maximum Gasteiger partial charge on any atom is 0.416 e. The molecule has 0 unspecified atom stereocenters. The van der Waals surface area contributed by atoms with Crippen molar-refractivity contribution in [3.05, 3.63) is 65.9 Å². The molecule has 0 bridgehead atoms. The summed E-state index contributed by atoms with van der Waals surface area (Å²) in [5, 5.41) is 10.6. The number of nitrogens with zero attached hydrogens (tertiary/aromatic N) is 2. The molecule has 1 N–H and O–H groups in total. The van der Waals surface area contributed by atoms with Gasteiger partial charge in [-0.3, -0.25) is 9.78 Å². The zero-order chi connectivity index (χ0) is 27.3. The van der Waals surface area contributed by atoms with E-state index in [9.17, 15) is 23.1 Å². The topological polar surface area (TPSA) is 62.7 Å². The van der Waals surface area contributed by atoms with Crippen molar-refractivity contribution in [3.63, 3.8) is 0 Å². The van der Waals surface area contributed by atoms with Crippen LogP contribution in [-0.4, -0.2) is 53.5 Å². The van der Waals surface area contributed by atoms with Crippen LogP contribution in [0, 0.1) is 11.8 Å². The summed E-state index contributed by atoms with van der Waals surface area (Å²) >= 11 is 1.44. The lowest BCUT2D eigenvalue weighted by Crippen LogP contribution is -2.44. The fourth-order valence-electron chi connectivity index (χ4n) is 4.99. The largest absolute Gasteiger partial charge is 0.497 e. The van der Waals surface area contributed by atoms with Gasteiger partial charge in [-0.2, -0.15) is 13.2 Å². The number of likely N-dealkylation sites (tertiary alicyclic amines) is 1. The number of carboxylic acid groups (broad SMARTS) is 1. The van der Waals surface area contributed by atoms with Crippen molar-refractivity contribution >= 4 is 28.6 Å². The summed E-state index contributed by atoms with van der Waals surface area (Å²) in [6.45, 7) is 1.70. The summed E-state index contributed by atoms with van der Waals surface area (Å²) in [6, 6.07) is 12.0. The Balaban J connectivity index is 1.30. The van der Waals surface area contributed by atoms with Crippen molar-refractivity contribution in [2.24, 2.45) is 11.8 Å². The number of alkyl halides is 4. The Labute approximate surface area is 223 Å². The number of thioether (sulfide) groups is 1. The van der Waals surface area contributed by atoms with Gasteiger partial charge < -0.3 is 14.7 Å². The number of halogens is 4. The summed E-state index contributed by atoms with van der Waals surface area (Å²) in [4.78, 5) is 19.1. The van der Waals surface area contributed by atoms with Crippen molar-refractivity contribution < 1.29 is 32.2 Å². The average Bonchev–Trinajstić information content (AvgIpc) is 2.91. The smallest absolute Gasteiger partial charge is 0.416 e. The van der Waals surface area contributed by atoms with Gasteiger partial charge in [0, 0.05) is 35.3 Å². The molecule has 38 heavy (non-hydrogen) atoms. The Hall–Kier alpha value is -2.85. The lowest BCUT2D eigenvalue weighted by atomic mass is 9.81. The van der Waals surface area contributed by atoms with Gasteiger partial charge in [-0.15, -0.1) is 11.8 Å². The maximum atomic E-state index is 15.4. The molecule has 0 spiro atoms. The number of rotatable bonds is 10. The molecule has 5 nitrogen and oxygen atoms in total. The van der Waals surface area contributed by atoms with E-state index in [4.69, 9.17) is 4.74 Å². The number of methoxy groups -OCH3 is 1. The van der Waals surface area contributed by atoms with E-state index in [1.54, 1.807) is 37.6 Å². The highest BCUT2D eigenvalue weighted by Gasteiger charge is 2.34. The molecule has 0 aliphatic carbocycles. The van der Waals surface area contributed by atoms with Gasteiger partial charge in [0.25, 0.3) is 0 Å². The Morgan fingerprint density at radius 2 is 1.97 bits per heavy atom. The van der Waals surface area contributed by atoms with Crippen LogP contribution < -0.4 is 4.74 Å². The first-order chi connectivity index (χ1) is 18.2. The van der Waals surface area contributed by atoms with E-state index < -0.39 is 29.8 Å². The van der Waals surface area contributed by atoms with Crippen LogP contribution >= 0.6 is 11.8 Å². The highest BCUT2D eigenvalue weighted by Crippen LogP contribution is 2.36. The first kappa shape index (κ1) is 28.2. The minimum atomic E-state index is -4.36. The maximum absolute atomic E-state index is 15.4. The van der Waals surface area contributed by atoms with Crippen LogP contribution in [0.1, 0.15) is 36.6 Å². The van der Waals surface area contributed by atoms with Gasteiger partial charge in [0.15, 0.2) is 0 Å². The van der Waals surface area contributed by atoms with Crippen molar-refractivity contribution in [2.45, 2.75) is 36.5 Å². The van der Waals surface area contributed by atoms with Crippen LogP contribution in [0.5, 0.6) is 5.75 Å². The highest BCUT2D eigenvalue weighted by atomic mass is 32.2. The molecular formula is C28H30F4N2O3S. The van der Waals surface area contributed by atoms with E-state index in [0.717, 1.165) is 17.0 Å². The molecule has 3 aromatic rings. The van der Waals surface area contributed by atoms with Gasteiger partial charge in [0.05, 0.1) is 24.1 Å². The number of benzene rings is 2. The lowest BCUT2D eigenvalue weighted by Gasteiger charge is -2.36. The number of piperidine rings is 1. The van der Waals surface area contributed by atoms with Crippen LogP contribution in [0.3, 0.4) is 0 Å². The van der Waals surface area contributed by atoms with E-state index in [1.165, 1.54) is 23.9 Å². The summed E-state index contributed by atoms with van der Waals surface area (Å²) < 4.78 is 58.9. The second-order valence-corrected chi connectivity index (χ2v) is 10.7. The second-order valence-electron chi connectivity index (χ2n) is 9.49. The molecule has 1 aliphatic rings. The lowest BCUT2D eigenvalue weighted by molar-refractivity contribution is -0.146. The predicted molar refractivity (Wildman–Crippen MR) is 139 cm³/mol. The first-order valence-corrected chi connectivity index (χ1v) is 13.5. The third kappa shape index (κ3) is 6.96. The number of ether oxygens (including phenoxy) is 1. The number of carbonyl (C=O) groups is 1. The number of carboxylic acids is 1. The summed E-state index contributed by atoms with van der Waals surface area (Å²) in [7, 11) is 1.55. The SMILES string of the molecule is COc1ccc2nccc([C@@H](F)CC[C@@H]3CCN(CCSc4ccc(C(F)(F)F)cc4)C[C@@H]3C(=O)O)c2c1. The summed E-state index contributed by atoms with van der Waals surface area (Å²) in [5.41, 5.74) is 0.524. The average molecular weight is 551 g/mol. The second kappa shape index (κ2) is 12.3. The van der Waals surface area contributed by atoms with E-state index in [-0.39, 0.29) is 12.3 Å². The number of pyridine rings is 1. The molecule has 1 aromatic heterocycles. The number of hydrogen-bond donors (Lipinski definition) is 1. The molecule has 1 fully saturated rings. The molecule has 1 saturated heterocycles. The standard InChI is InChI=1S/C28H30F4N2O3S/c1-37-20-5-9-26-23(16-20)22(10-12-33-26)25(29)8-2-18-11-13-34(17-24(18)27(35)36)14-15-38-21-6-3-19(4-7-21)28(30,31)32/h3-7,9-10,12,16,18,24-25H,2,8,11,13-15,17H2,1H3,(H,35,36)/t18-,24+,25+/m1/s1. The Morgan fingerprint density at radius 1 is 1.21 bits per heavy atom. The number of hydrogen-bond acceptors (Lipinski definition) is 5. The molecule has 2 aromatic carbocycles. The molecule has 10 heteroatoms. The van der Waals surface area contributed by atoms with Crippen LogP contribution in [0.15, 0.2) is 59.6 Å². The Morgan fingerprint density at radius 3 is 2.66 bits per heavy atom. The summed E-state index contributed by atoms with van der Waals surface area (Å²) in [6.07, 6.45) is -2.70. The monoisotopic (exact) mass is 550 g/mol. The van der Waals surface area contributed by atoms with E-state index in [1.807, 2.05) is 0 Å². The highest BCUT2D eigenvalue weighted by molar-refractivity contribution is 7.99. The van der Waals surface area contributed by atoms with E-state index in [2.05, 4.69) is 9.88 Å². The zero-order valence-electron chi connectivity index (χ0n) is 21.0. The van der Waals surface area contributed by atoms with Crippen molar-refractivity contribution in [1.29, 1.82) is 0 Å². The minimum Gasteiger partial charge on any atom is -0.497 e. The van der Waals surface area contributed by atoms with E-state index >= 15 is 4.39 Å². The predicted octanol–water partition coefficient (Wildman–Crippen LogP) is 6.87. The van der Waals surface area contributed by atoms with Gasteiger partial charge >= 0.3 is 12.1 Å². The van der Waals surface area contributed by atoms with Crippen LogP contribution in [0.25, 0.3) is 10.9 Å². The number of aromatic nitrogens is 1. The normalized spacial score (nSPS) is 19.4. The first-order valence-electron chi connectivity index (χ1n) is 12.5. The molecule has 4 rings (SSSR count). The number of aliphatic carboxylic acids is 1. The molecule has 0 saturated carbocycles. The zero-order valence-corrected chi connectivity index (χ0v) is 21.8. The quantitative estimate of drug-likeness (QED) is 0.220.